The highest BCUT2D eigenvalue weighted by Crippen LogP contribution is 2.47. The van der Waals surface area contributed by atoms with E-state index in [1.807, 2.05) is 26.0 Å². The number of H-pyrrole nitrogens is 1. The maximum absolute atomic E-state index is 13.7. The monoisotopic (exact) mass is 397 g/mol. The number of pyridine rings is 1. The first-order chi connectivity index (χ1) is 13.7. The third kappa shape index (κ3) is 2.54. The maximum Gasteiger partial charge on any atom is 0.416 e. The van der Waals surface area contributed by atoms with Crippen LogP contribution in [0.5, 0.6) is 0 Å². The fourth-order valence-corrected chi connectivity index (χ4v) is 4.61. The molecule has 0 bridgehead atoms. The van der Waals surface area contributed by atoms with Crippen LogP contribution in [0.25, 0.3) is 32.7 Å². The predicted octanol–water partition coefficient (Wildman–Crippen LogP) is 7.13. The first-order valence-corrected chi connectivity index (χ1v) is 9.92. The van der Waals surface area contributed by atoms with Crippen LogP contribution in [-0.2, 0) is 6.18 Å². The number of nitrogens with zero attached hydrogens (tertiary/aromatic N) is 1. The van der Waals surface area contributed by atoms with Gasteiger partial charge in [0, 0.05) is 27.4 Å². The average Bonchev–Trinajstić information content (AvgIpc) is 2.95. The maximum atomic E-state index is 13.7. The fourth-order valence-electron chi connectivity index (χ4n) is 4.61. The summed E-state index contributed by atoms with van der Waals surface area (Å²) >= 11 is 0. The van der Waals surface area contributed by atoms with Gasteiger partial charge in [-0.05, 0) is 35.6 Å². The zero-order valence-electron chi connectivity index (χ0n) is 16.7. The summed E-state index contributed by atoms with van der Waals surface area (Å²) in [7, 11) is 0. The number of hydrogen-bond acceptors (Lipinski definition) is 2. The van der Waals surface area contributed by atoms with Crippen molar-refractivity contribution in [2.24, 2.45) is 5.92 Å². The van der Waals surface area contributed by atoms with Crippen LogP contribution < -0.4 is 5.32 Å². The Morgan fingerprint density at radius 3 is 2.41 bits per heavy atom. The van der Waals surface area contributed by atoms with E-state index in [0.717, 1.165) is 38.4 Å². The normalized spacial score (nSPS) is 16.7. The molecule has 5 rings (SSSR count). The number of rotatable bonds is 2. The van der Waals surface area contributed by atoms with E-state index in [4.69, 9.17) is 4.98 Å². The Bertz CT molecular complexity index is 1280. The molecular weight excluding hydrogens is 375 g/mol. The van der Waals surface area contributed by atoms with E-state index in [-0.39, 0.29) is 17.9 Å². The van der Waals surface area contributed by atoms with Crippen LogP contribution in [0, 0.1) is 5.92 Å². The molecule has 29 heavy (non-hydrogen) atoms. The number of hydrogen-bond donors (Lipinski definition) is 2. The summed E-state index contributed by atoms with van der Waals surface area (Å²) in [4.78, 5) is 8.22. The Labute approximate surface area is 166 Å². The van der Waals surface area contributed by atoms with Crippen molar-refractivity contribution in [3.8, 4) is 0 Å². The lowest BCUT2D eigenvalue weighted by molar-refractivity contribution is -0.137. The van der Waals surface area contributed by atoms with E-state index >= 15 is 0 Å². The van der Waals surface area contributed by atoms with Gasteiger partial charge in [0.15, 0.2) is 0 Å². The molecule has 1 aliphatic rings. The summed E-state index contributed by atoms with van der Waals surface area (Å²) < 4.78 is 41.0. The molecule has 3 nitrogen and oxygen atoms in total. The van der Waals surface area contributed by atoms with Crippen molar-refractivity contribution in [2.45, 2.75) is 45.8 Å². The molecule has 0 fully saturated rings. The Morgan fingerprint density at radius 2 is 1.76 bits per heavy atom. The van der Waals surface area contributed by atoms with Gasteiger partial charge in [0.25, 0.3) is 0 Å². The Balaban J connectivity index is 2.05. The van der Waals surface area contributed by atoms with Gasteiger partial charge in [-0.2, -0.15) is 13.2 Å². The number of halogens is 3. The molecule has 3 heterocycles. The van der Waals surface area contributed by atoms with Crippen LogP contribution in [-0.4, -0.2) is 9.97 Å². The molecule has 0 aliphatic carbocycles. The number of aromatic nitrogens is 2. The van der Waals surface area contributed by atoms with Gasteiger partial charge < -0.3 is 10.3 Å². The smallest absolute Gasteiger partial charge is 0.377 e. The molecule has 1 atom stereocenters. The molecule has 2 aromatic heterocycles. The molecule has 2 aromatic carbocycles. The van der Waals surface area contributed by atoms with Gasteiger partial charge >= 0.3 is 6.18 Å². The van der Waals surface area contributed by atoms with E-state index in [1.54, 1.807) is 0 Å². The zero-order chi connectivity index (χ0) is 20.7. The van der Waals surface area contributed by atoms with Gasteiger partial charge in [0.1, 0.15) is 0 Å². The summed E-state index contributed by atoms with van der Waals surface area (Å²) in [6.07, 6.45) is -4.43. The number of nitrogens with one attached hydrogen (secondary N) is 2. The molecule has 4 aromatic rings. The fraction of sp³-hybridized carbons (Fsp3) is 0.348. The average molecular weight is 397 g/mol. The topological polar surface area (TPSA) is 40.7 Å². The summed E-state index contributed by atoms with van der Waals surface area (Å²) in [5, 5.41) is 6.25. The highest BCUT2D eigenvalue weighted by molar-refractivity contribution is 6.25. The quantitative estimate of drug-likeness (QED) is 0.378. The second kappa shape index (κ2) is 5.88. The van der Waals surface area contributed by atoms with Crippen molar-refractivity contribution in [1.82, 2.24) is 9.97 Å². The van der Waals surface area contributed by atoms with Crippen molar-refractivity contribution in [3.05, 3.63) is 47.2 Å². The van der Waals surface area contributed by atoms with E-state index < -0.39 is 11.7 Å². The Kier molecular flexibility index (Phi) is 3.70. The SMILES string of the molecule is CC(C)c1nc2cc(C(F)(F)F)cc3c2c2c1[nH]c1cccc(c12)C(C(C)C)N3. The largest absolute Gasteiger partial charge is 0.416 e. The van der Waals surface area contributed by atoms with Crippen LogP contribution >= 0.6 is 0 Å². The third-order valence-electron chi connectivity index (χ3n) is 5.91. The summed E-state index contributed by atoms with van der Waals surface area (Å²) in [6, 6.07) is 8.42. The van der Waals surface area contributed by atoms with Gasteiger partial charge in [-0.3, -0.25) is 4.98 Å². The van der Waals surface area contributed by atoms with Crippen molar-refractivity contribution >= 4 is 38.4 Å². The first-order valence-electron chi connectivity index (χ1n) is 9.92. The van der Waals surface area contributed by atoms with E-state index in [1.165, 1.54) is 12.1 Å². The number of anilines is 1. The molecule has 150 valence electrons. The molecule has 1 aliphatic heterocycles. The molecule has 0 saturated carbocycles. The number of aromatic amines is 1. The van der Waals surface area contributed by atoms with E-state index in [2.05, 4.69) is 30.2 Å². The Hall–Kier alpha value is -2.76. The minimum atomic E-state index is -4.43. The summed E-state index contributed by atoms with van der Waals surface area (Å²) in [5.74, 6) is 0.271. The molecule has 2 N–H and O–H groups in total. The van der Waals surface area contributed by atoms with Gasteiger partial charge in [0.05, 0.1) is 28.3 Å². The van der Waals surface area contributed by atoms with Gasteiger partial charge in [-0.15, -0.1) is 0 Å². The van der Waals surface area contributed by atoms with Gasteiger partial charge in [-0.1, -0.05) is 39.8 Å². The number of alkyl halides is 3. The lowest BCUT2D eigenvalue weighted by Gasteiger charge is -2.24. The highest BCUT2D eigenvalue weighted by atomic mass is 19.4. The van der Waals surface area contributed by atoms with Gasteiger partial charge in [-0.25, -0.2) is 0 Å². The zero-order valence-corrected chi connectivity index (χ0v) is 16.7. The van der Waals surface area contributed by atoms with Crippen LogP contribution in [0.1, 0.15) is 56.5 Å². The van der Waals surface area contributed by atoms with E-state index in [0.29, 0.717) is 11.2 Å². The first kappa shape index (κ1) is 18.3. The van der Waals surface area contributed by atoms with Crippen LogP contribution in [0.3, 0.4) is 0 Å². The number of benzene rings is 2. The Morgan fingerprint density at radius 1 is 1.00 bits per heavy atom. The molecule has 6 heteroatoms. The molecule has 1 unspecified atom stereocenters. The van der Waals surface area contributed by atoms with Crippen LogP contribution in [0.4, 0.5) is 18.9 Å². The minimum absolute atomic E-state index is 0.0750. The standard InChI is InChI=1S/C23H22F3N3/c1-10(2)20-13-6-5-7-14-17(13)19-18-15(28-20)8-12(23(24,25)26)9-16(18)29-21(11(3)4)22(19)27-14/h5-11,20,27-28H,1-4H3. The molecule has 0 amide bonds. The summed E-state index contributed by atoms with van der Waals surface area (Å²) in [5.41, 5.74) is 4.03. The summed E-state index contributed by atoms with van der Waals surface area (Å²) in [6.45, 7) is 8.20. The van der Waals surface area contributed by atoms with Crippen molar-refractivity contribution in [1.29, 1.82) is 0 Å². The van der Waals surface area contributed by atoms with Crippen molar-refractivity contribution in [2.75, 3.05) is 5.32 Å². The second-order valence-corrected chi connectivity index (χ2v) is 8.58. The van der Waals surface area contributed by atoms with Gasteiger partial charge in [0.2, 0.25) is 0 Å². The molecule has 0 saturated heterocycles. The lowest BCUT2D eigenvalue weighted by Crippen LogP contribution is -2.17. The van der Waals surface area contributed by atoms with E-state index in [9.17, 15) is 13.2 Å². The lowest BCUT2D eigenvalue weighted by atomic mass is 9.93. The molecule has 0 radical (unpaired) electrons. The van der Waals surface area contributed by atoms with Crippen LogP contribution in [0.15, 0.2) is 30.3 Å². The third-order valence-corrected chi connectivity index (χ3v) is 5.91. The van der Waals surface area contributed by atoms with Crippen molar-refractivity contribution in [3.63, 3.8) is 0 Å². The predicted molar refractivity (Wildman–Crippen MR) is 111 cm³/mol. The minimum Gasteiger partial charge on any atom is -0.377 e. The molecule has 0 spiro atoms. The van der Waals surface area contributed by atoms with Crippen molar-refractivity contribution < 1.29 is 13.2 Å². The molecular formula is C23H22F3N3. The second-order valence-electron chi connectivity index (χ2n) is 8.58. The highest BCUT2D eigenvalue weighted by Gasteiger charge is 2.34. The van der Waals surface area contributed by atoms with Crippen LogP contribution in [0.2, 0.25) is 0 Å².